The molecule has 0 aromatic heterocycles. The zero-order valence-corrected chi connectivity index (χ0v) is 33.0. The lowest BCUT2D eigenvalue weighted by Gasteiger charge is -2.32. The van der Waals surface area contributed by atoms with Crippen molar-refractivity contribution in [3.63, 3.8) is 0 Å². The first-order valence-corrected chi connectivity index (χ1v) is 22.1. The van der Waals surface area contributed by atoms with Crippen molar-refractivity contribution in [2.75, 3.05) is 0 Å². The van der Waals surface area contributed by atoms with Crippen LogP contribution in [0.4, 0.5) is 17.6 Å². The van der Waals surface area contributed by atoms with Crippen LogP contribution in [0.2, 0.25) is 0 Å². The topological polar surface area (TPSA) is 34.1 Å². The third kappa shape index (κ3) is 5.32. The lowest BCUT2D eigenvalue weighted by atomic mass is 9.70. The Morgan fingerprint density at radius 1 is 0.517 bits per heavy atom. The molecule has 0 heterocycles. The van der Waals surface area contributed by atoms with Gasteiger partial charge in [-0.1, -0.05) is 128 Å². The summed E-state index contributed by atoms with van der Waals surface area (Å²) in [6, 6.07) is 44.2. The summed E-state index contributed by atoms with van der Waals surface area (Å²) in [7, 11) is -8.28. The monoisotopic (exact) mass is 804 g/mol. The van der Waals surface area contributed by atoms with Crippen molar-refractivity contribution in [1.82, 2.24) is 0 Å². The van der Waals surface area contributed by atoms with Gasteiger partial charge in [-0.15, -0.1) is 0 Å². The summed E-state index contributed by atoms with van der Waals surface area (Å²) < 4.78 is 93.4. The Balaban J connectivity index is 1.28. The molecule has 284 valence electrons. The van der Waals surface area contributed by atoms with Crippen molar-refractivity contribution in [3.8, 4) is 11.1 Å². The van der Waals surface area contributed by atoms with Crippen LogP contribution in [0.5, 0.6) is 0 Å². The summed E-state index contributed by atoms with van der Waals surface area (Å²) in [4.78, 5) is 0. The van der Waals surface area contributed by atoms with Gasteiger partial charge in [0.2, 0.25) is 0 Å². The molecule has 0 bridgehead atoms. The molecule has 8 heteroatoms. The van der Waals surface area contributed by atoms with Crippen LogP contribution in [0.25, 0.3) is 16.7 Å². The fraction of sp³-hybridized carbons (Fsp3) is 0.0400. The van der Waals surface area contributed by atoms with E-state index in [2.05, 4.69) is 12.6 Å². The van der Waals surface area contributed by atoms with Gasteiger partial charge in [-0.05, 0) is 106 Å². The van der Waals surface area contributed by atoms with E-state index in [0.717, 1.165) is 44.5 Å². The Kier molecular flexibility index (Phi) is 9.12. The van der Waals surface area contributed by atoms with Crippen molar-refractivity contribution < 1.29 is 26.7 Å². The second-order valence-corrected chi connectivity index (χ2v) is 19.9. The SMILES string of the molecule is C=C(/C=C\C1=C(C)C2(c3ccccc31)c1ccccc1-c1ccc(P(=O)(c3ccccc3F)c3ccccc3F)cc12)P(=O)(c1ccccc1F)c1ccccc1F. The molecule has 0 saturated heterocycles. The van der Waals surface area contributed by atoms with Crippen LogP contribution >= 0.6 is 14.3 Å². The molecule has 0 aliphatic heterocycles. The van der Waals surface area contributed by atoms with Gasteiger partial charge in [0.15, 0.2) is 14.3 Å². The number of benzene rings is 7. The highest BCUT2D eigenvalue weighted by molar-refractivity contribution is 7.85. The fourth-order valence-corrected chi connectivity index (χ4v) is 14.2. The maximum Gasteiger partial charge on any atom is 0.176 e. The van der Waals surface area contributed by atoms with E-state index in [9.17, 15) is 0 Å². The van der Waals surface area contributed by atoms with Crippen LogP contribution in [0.1, 0.15) is 29.2 Å². The fourth-order valence-electron chi connectivity index (χ4n) is 8.98. The van der Waals surface area contributed by atoms with Crippen LogP contribution < -0.4 is 26.5 Å². The Hall–Kier alpha value is -6.06. The minimum atomic E-state index is -4.15. The van der Waals surface area contributed by atoms with Crippen LogP contribution in [0, 0.1) is 23.3 Å². The maximum atomic E-state index is 15.8. The van der Waals surface area contributed by atoms with Gasteiger partial charge in [0, 0.05) is 10.6 Å². The summed E-state index contributed by atoms with van der Waals surface area (Å²) in [6.45, 7) is 6.18. The summed E-state index contributed by atoms with van der Waals surface area (Å²) >= 11 is 0. The smallest absolute Gasteiger partial charge is 0.176 e. The number of hydrogen-bond acceptors (Lipinski definition) is 2. The van der Waals surface area contributed by atoms with Crippen molar-refractivity contribution in [3.05, 3.63) is 239 Å². The van der Waals surface area contributed by atoms with Crippen LogP contribution in [-0.4, -0.2) is 0 Å². The predicted molar refractivity (Wildman–Crippen MR) is 228 cm³/mol. The zero-order valence-electron chi connectivity index (χ0n) is 31.2. The number of rotatable bonds is 8. The van der Waals surface area contributed by atoms with Gasteiger partial charge >= 0.3 is 0 Å². The van der Waals surface area contributed by atoms with Gasteiger partial charge in [0.1, 0.15) is 23.3 Å². The number of allylic oxidation sites excluding steroid dienone is 5. The van der Waals surface area contributed by atoms with Gasteiger partial charge in [-0.2, -0.15) is 0 Å². The summed E-state index contributed by atoms with van der Waals surface area (Å²) in [6.07, 6.45) is 3.38. The quantitative estimate of drug-likeness (QED) is 0.0871. The highest BCUT2D eigenvalue weighted by atomic mass is 31.2. The molecule has 2 nitrogen and oxygen atoms in total. The number of fused-ring (bicyclic) bond motifs is 7. The van der Waals surface area contributed by atoms with E-state index in [0.29, 0.717) is 0 Å². The zero-order chi connectivity index (χ0) is 40.4. The molecule has 0 saturated carbocycles. The Morgan fingerprint density at radius 3 is 1.45 bits per heavy atom. The molecule has 7 aromatic rings. The molecule has 1 spiro atoms. The van der Waals surface area contributed by atoms with Crippen molar-refractivity contribution in [2.45, 2.75) is 12.3 Å². The largest absolute Gasteiger partial charge is 0.308 e. The van der Waals surface area contributed by atoms with E-state index >= 15 is 26.7 Å². The van der Waals surface area contributed by atoms with E-state index in [1.807, 2.05) is 61.5 Å². The second-order valence-electron chi connectivity index (χ2n) is 14.5. The predicted octanol–water partition coefficient (Wildman–Crippen LogP) is 11.1. The third-order valence-corrected chi connectivity index (χ3v) is 17.7. The normalized spacial score (nSPS) is 15.8. The molecule has 0 amide bonds. The highest BCUT2D eigenvalue weighted by Crippen LogP contribution is 2.62. The lowest BCUT2D eigenvalue weighted by molar-refractivity contribution is 0.583. The number of hydrogen-bond donors (Lipinski definition) is 0. The van der Waals surface area contributed by atoms with Gasteiger partial charge < -0.3 is 9.13 Å². The van der Waals surface area contributed by atoms with E-state index in [1.54, 1.807) is 42.5 Å². The van der Waals surface area contributed by atoms with E-state index < -0.39 is 43.0 Å². The Morgan fingerprint density at radius 2 is 0.931 bits per heavy atom. The van der Waals surface area contributed by atoms with Gasteiger partial charge in [0.25, 0.3) is 0 Å². The molecule has 7 aromatic carbocycles. The molecule has 0 fully saturated rings. The molecule has 1 unspecified atom stereocenters. The molecule has 2 aliphatic rings. The molecule has 1 atom stereocenters. The van der Waals surface area contributed by atoms with Crippen molar-refractivity contribution in [2.24, 2.45) is 0 Å². The van der Waals surface area contributed by atoms with Gasteiger partial charge in [0.05, 0.1) is 26.6 Å². The summed E-state index contributed by atoms with van der Waals surface area (Å²) in [5.41, 5.74) is 6.04. The molecular weight excluding hydrogens is 770 g/mol. The molecule has 9 rings (SSSR count). The lowest BCUT2D eigenvalue weighted by Crippen LogP contribution is -2.31. The highest BCUT2D eigenvalue weighted by Gasteiger charge is 2.52. The average molecular weight is 805 g/mol. The first-order valence-electron chi connectivity index (χ1n) is 18.7. The van der Waals surface area contributed by atoms with Crippen LogP contribution in [0.3, 0.4) is 0 Å². The first-order chi connectivity index (χ1) is 28.0. The molecule has 0 N–H and O–H groups in total. The van der Waals surface area contributed by atoms with E-state index in [1.165, 1.54) is 72.8 Å². The van der Waals surface area contributed by atoms with Crippen LogP contribution in [0.15, 0.2) is 193 Å². The first kappa shape index (κ1) is 37.5. The molecule has 58 heavy (non-hydrogen) atoms. The standard InChI is InChI=1S/C50H34F4O2P2/c1-32(57(55,46-23-11-7-19-42(46)51)47-24-12-8-20-43(47)52)27-29-35-33(2)50(39-17-5-3-15-36(35)39)40-18-6-4-16-37(40)38-30-28-34(31-41(38)50)58(56,48-25-13-9-21-44(48)53)49-26-14-10-22-45(49)54/h3-31H,1H2,2H3/b29-27-. The Labute approximate surface area is 334 Å². The molecule has 2 aliphatic carbocycles. The summed E-state index contributed by atoms with van der Waals surface area (Å²) in [5, 5.41) is -0.188. The third-order valence-electron chi connectivity index (χ3n) is 11.6. The average Bonchev–Trinajstić information content (AvgIpc) is 3.68. The minimum Gasteiger partial charge on any atom is -0.308 e. The van der Waals surface area contributed by atoms with Crippen molar-refractivity contribution in [1.29, 1.82) is 0 Å². The van der Waals surface area contributed by atoms with Gasteiger partial charge in [-0.3, -0.25) is 0 Å². The Bertz CT molecular complexity index is 2920. The second kappa shape index (κ2) is 14.1. The van der Waals surface area contributed by atoms with E-state index in [4.69, 9.17) is 0 Å². The number of halogens is 4. The van der Waals surface area contributed by atoms with Gasteiger partial charge in [-0.25, -0.2) is 17.6 Å². The molecular formula is C50H34F4O2P2. The summed E-state index contributed by atoms with van der Waals surface area (Å²) in [5.74, 6) is -2.87. The minimum absolute atomic E-state index is 0.0339. The van der Waals surface area contributed by atoms with E-state index in [-0.39, 0.29) is 31.8 Å². The van der Waals surface area contributed by atoms with Crippen molar-refractivity contribution >= 4 is 46.4 Å². The molecule has 0 radical (unpaired) electrons. The maximum absolute atomic E-state index is 15.8. The van der Waals surface area contributed by atoms with Crippen LogP contribution in [-0.2, 0) is 14.5 Å².